The first-order chi connectivity index (χ1) is 11.5. The zero-order valence-electron chi connectivity index (χ0n) is 12.4. The van der Waals surface area contributed by atoms with Crippen LogP contribution in [0.3, 0.4) is 0 Å². The van der Waals surface area contributed by atoms with Crippen LogP contribution in [0.2, 0.25) is 0 Å². The first-order valence-electron chi connectivity index (χ1n) is 6.33. The smallest absolute Gasteiger partial charge is 0.294 e. The van der Waals surface area contributed by atoms with Crippen LogP contribution in [0.25, 0.3) is 0 Å². The highest BCUT2D eigenvalue weighted by Gasteiger charge is 2.17. The number of nitrogens with zero attached hydrogens (tertiary/aromatic N) is 2. The second-order valence-electron chi connectivity index (χ2n) is 4.45. The Labute approximate surface area is 141 Å². The Morgan fingerprint density at radius 3 is 1.72 bits per heavy atom. The van der Waals surface area contributed by atoms with Gasteiger partial charge in [-0.05, 0) is 12.1 Å². The SMILES string of the molecule is N=C(N)c1cc([N+](=O)[O-])cc([N+](=O)[O-])c1.O=S(=O)(O)c1ccccc1. The summed E-state index contributed by atoms with van der Waals surface area (Å²) in [4.78, 5) is 19.2. The monoisotopic (exact) mass is 368 g/mol. The molecule has 2 rings (SSSR count). The molecule has 0 aliphatic heterocycles. The minimum Gasteiger partial charge on any atom is -0.384 e. The highest BCUT2D eigenvalue weighted by Crippen LogP contribution is 2.22. The molecule has 0 spiro atoms. The van der Waals surface area contributed by atoms with E-state index in [0.717, 1.165) is 18.2 Å². The van der Waals surface area contributed by atoms with E-state index in [2.05, 4.69) is 0 Å². The molecule has 0 fully saturated rings. The Balaban J connectivity index is 0.000000271. The molecule has 11 nitrogen and oxygen atoms in total. The molecule has 0 aliphatic carbocycles. The highest BCUT2D eigenvalue weighted by atomic mass is 32.2. The lowest BCUT2D eigenvalue weighted by atomic mass is 10.1. The van der Waals surface area contributed by atoms with Gasteiger partial charge < -0.3 is 5.73 Å². The maximum Gasteiger partial charge on any atom is 0.294 e. The lowest BCUT2D eigenvalue weighted by molar-refractivity contribution is -0.394. The number of non-ortho nitro benzene ring substituents is 2. The van der Waals surface area contributed by atoms with Crippen molar-refractivity contribution in [2.24, 2.45) is 5.73 Å². The van der Waals surface area contributed by atoms with Crippen LogP contribution in [-0.2, 0) is 10.1 Å². The third-order valence-corrected chi connectivity index (χ3v) is 3.54. The van der Waals surface area contributed by atoms with Crippen molar-refractivity contribution in [3.8, 4) is 0 Å². The van der Waals surface area contributed by atoms with E-state index in [4.69, 9.17) is 15.7 Å². The molecule has 4 N–H and O–H groups in total. The number of hydrogen-bond donors (Lipinski definition) is 3. The number of rotatable bonds is 4. The van der Waals surface area contributed by atoms with E-state index in [1.54, 1.807) is 18.2 Å². The summed E-state index contributed by atoms with van der Waals surface area (Å²) in [7, 11) is -4.00. The minimum atomic E-state index is -4.00. The Bertz CT molecular complexity index is 834. The number of nitro benzene ring substituents is 2. The summed E-state index contributed by atoms with van der Waals surface area (Å²) in [5.74, 6) is -0.457. The van der Waals surface area contributed by atoms with E-state index in [9.17, 15) is 28.6 Å². The van der Waals surface area contributed by atoms with Crippen molar-refractivity contribution in [3.05, 3.63) is 74.3 Å². The Morgan fingerprint density at radius 2 is 1.44 bits per heavy atom. The normalized spacial score (nSPS) is 10.3. The van der Waals surface area contributed by atoms with E-state index in [1.165, 1.54) is 12.1 Å². The molecule has 0 saturated heterocycles. The average molecular weight is 368 g/mol. The van der Waals surface area contributed by atoms with Gasteiger partial charge in [-0.1, -0.05) is 18.2 Å². The lowest BCUT2D eigenvalue weighted by Crippen LogP contribution is -2.11. The van der Waals surface area contributed by atoms with Gasteiger partial charge in [0.1, 0.15) is 5.84 Å². The molecule has 132 valence electrons. The molecule has 12 heteroatoms. The molecular formula is C13H12N4O7S. The molecule has 0 heterocycles. The van der Waals surface area contributed by atoms with Gasteiger partial charge in [0.25, 0.3) is 21.5 Å². The quantitative estimate of drug-likeness (QED) is 0.239. The predicted molar refractivity (Wildman–Crippen MR) is 87.0 cm³/mol. The number of hydrogen-bond acceptors (Lipinski definition) is 7. The van der Waals surface area contributed by atoms with E-state index in [0.29, 0.717) is 0 Å². The van der Waals surface area contributed by atoms with Gasteiger partial charge in [0.05, 0.1) is 20.8 Å². The van der Waals surface area contributed by atoms with Gasteiger partial charge in [0.2, 0.25) is 0 Å². The number of nitrogen functional groups attached to an aromatic ring is 1. The summed E-state index contributed by atoms with van der Waals surface area (Å²) in [5, 5.41) is 27.9. The number of nitro groups is 2. The Hall–Kier alpha value is -3.38. The molecule has 2 aromatic rings. The molecule has 0 aromatic heterocycles. The van der Waals surface area contributed by atoms with Crippen LogP contribution in [-0.4, -0.2) is 28.7 Å². The van der Waals surface area contributed by atoms with Gasteiger partial charge in [-0.15, -0.1) is 0 Å². The molecule has 0 bridgehead atoms. The van der Waals surface area contributed by atoms with Gasteiger partial charge in [-0.25, -0.2) is 0 Å². The second kappa shape index (κ2) is 7.94. The summed E-state index contributed by atoms with van der Waals surface area (Å²) >= 11 is 0. The average Bonchev–Trinajstić information content (AvgIpc) is 2.55. The van der Waals surface area contributed by atoms with Crippen molar-refractivity contribution in [2.75, 3.05) is 0 Å². The topological polar surface area (TPSA) is 191 Å². The van der Waals surface area contributed by atoms with Crippen molar-refractivity contribution in [1.82, 2.24) is 0 Å². The Kier molecular flexibility index (Phi) is 6.25. The largest absolute Gasteiger partial charge is 0.384 e. The van der Waals surface area contributed by atoms with Crippen LogP contribution >= 0.6 is 0 Å². The Morgan fingerprint density at radius 1 is 1.00 bits per heavy atom. The predicted octanol–water partition coefficient (Wildman–Crippen LogP) is 1.72. The van der Waals surface area contributed by atoms with Crippen molar-refractivity contribution in [2.45, 2.75) is 4.90 Å². The fraction of sp³-hybridized carbons (Fsp3) is 0. The molecule has 2 aromatic carbocycles. The summed E-state index contributed by atoms with van der Waals surface area (Å²) < 4.78 is 29.2. The summed E-state index contributed by atoms with van der Waals surface area (Å²) in [6.45, 7) is 0. The first-order valence-corrected chi connectivity index (χ1v) is 7.77. The molecule has 25 heavy (non-hydrogen) atoms. The third kappa shape index (κ3) is 5.96. The van der Waals surface area contributed by atoms with Crippen LogP contribution in [0.15, 0.2) is 53.4 Å². The number of nitrogens with two attached hydrogens (primary N) is 1. The molecule has 0 saturated carbocycles. The van der Waals surface area contributed by atoms with Gasteiger partial charge in [0.15, 0.2) is 0 Å². The number of amidine groups is 1. The third-order valence-electron chi connectivity index (χ3n) is 2.68. The molecule has 0 unspecified atom stereocenters. The standard InChI is InChI=1S/C7H6N4O4.C6H6O3S/c8-7(9)4-1-5(10(12)13)3-6(2-4)11(14)15;7-10(8,9)6-4-2-1-3-5-6/h1-3H,(H3,8,9);1-5H,(H,7,8,9). The van der Waals surface area contributed by atoms with Crippen LogP contribution < -0.4 is 5.73 Å². The molecule has 0 aliphatic rings. The summed E-state index contributed by atoms with van der Waals surface area (Å²) in [6.07, 6.45) is 0. The van der Waals surface area contributed by atoms with E-state index in [-0.39, 0.29) is 10.5 Å². The first kappa shape index (κ1) is 19.7. The van der Waals surface area contributed by atoms with Crippen molar-refractivity contribution in [3.63, 3.8) is 0 Å². The number of benzene rings is 2. The van der Waals surface area contributed by atoms with Crippen molar-refractivity contribution >= 4 is 27.3 Å². The van der Waals surface area contributed by atoms with Crippen LogP contribution in [0.1, 0.15) is 5.56 Å². The fourth-order valence-electron chi connectivity index (χ4n) is 1.55. The zero-order chi connectivity index (χ0) is 19.2. The van der Waals surface area contributed by atoms with E-state index < -0.39 is 37.2 Å². The highest BCUT2D eigenvalue weighted by molar-refractivity contribution is 7.85. The maximum atomic E-state index is 10.4. The van der Waals surface area contributed by atoms with Gasteiger partial charge >= 0.3 is 0 Å². The minimum absolute atomic E-state index is 0.0455. The van der Waals surface area contributed by atoms with Gasteiger partial charge in [-0.2, -0.15) is 8.42 Å². The lowest BCUT2D eigenvalue weighted by Gasteiger charge is -1.98. The van der Waals surface area contributed by atoms with Crippen molar-refractivity contribution in [1.29, 1.82) is 5.41 Å². The maximum absolute atomic E-state index is 10.4. The fourth-order valence-corrected chi connectivity index (χ4v) is 2.06. The van der Waals surface area contributed by atoms with E-state index >= 15 is 0 Å². The second-order valence-corrected chi connectivity index (χ2v) is 5.88. The van der Waals surface area contributed by atoms with Gasteiger partial charge in [-0.3, -0.25) is 30.2 Å². The van der Waals surface area contributed by atoms with Crippen LogP contribution in [0, 0.1) is 25.6 Å². The molecule has 0 atom stereocenters. The molecule has 0 amide bonds. The molecular weight excluding hydrogens is 356 g/mol. The number of nitrogens with one attached hydrogen (secondary N) is 1. The zero-order valence-corrected chi connectivity index (χ0v) is 13.2. The summed E-state index contributed by atoms with van der Waals surface area (Å²) in [6, 6.07) is 10.3. The van der Waals surface area contributed by atoms with E-state index in [1.807, 2.05) is 0 Å². The van der Waals surface area contributed by atoms with Crippen LogP contribution in [0.5, 0.6) is 0 Å². The van der Waals surface area contributed by atoms with Crippen molar-refractivity contribution < 1.29 is 22.8 Å². The van der Waals surface area contributed by atoms with Crippen LogP contribution in [0.4, 0.5) is 11.4 Å². The molecule has 0 radical (unpaired) electrons. The van der Waals surface area contributed by atoms with Gasteiger partial charge in [0, 0.05) is 17.7 Å². The summed E-state index contributed by atoms with van der Waals surface area (Å²) in [5.41, 5.74) is 4.12.